The highest BCUT2D eigenvalue weighted by Gasteiger charge is 2.17. The van der Waals surface area contributed by atoms with Crippen LogP contribution in [0.1, 0.15) is 12.8 Å². The molecule has 0 bridgehead atoms. The van der Waals surface area contributed by atoms with Gasteiger partial charge in [0.25, 0.3) is 10.0 Å². The molecule has 1 aromatic heterocycles. The predicted octanol–water partition coefficient (Wildman–Crippen LogP) is -0.206. The zero-order valence-corrected chi connectivity index (χ0v) is 10.8. The lowest BCUT2D eigenvalue weighted by molar-refractivity contribution is 0.344. The molecule has 1 aromatic rings. The zero-order valence-electron chi connectivity index (χ0n) is 9.96. The van der Waals surface area contributed by atoms with E-state index in [0.29, 0.717) is 6.54 Å². The van der Waals surface area contributed by atoms with Gasteiger partial charge in [-0.15, -0.1) is 0 Å². The number of nitrogens with one attached hydrogen (secondary N) is 1. The summed E-state index contributed by atoms with van der Waals surface area (Å²) in [6.07, 6.45) is 5.41. The van der Waals surface area contributed by atoms with Crippen LogP contribution in [-0.2, 0) is 17.1 Å². The first kappa shape index (κ1) is 12.5. The van der Waals surface area contributed by atoms with Crippen molar-refractivity contribution in [3.63, 3.8) is 0 Å². The highest BCUT2D eigenvalue weighted by atomic mass is 32.2. The van der Waals surface area contributed by atoms with Crippen molar-refractivity contribution >= 4 is 10.0 Å². The van der Waals surface area contributed by atoms with E-state index >= 15 is 0 Å². The molecule has 1 fully saturated rings. The fraction of sp³-hybridized carbons (Fsp3) is 0.700. The number of rotatable bonds is 5. The normalized spacial score (nSPS) is 17.7. The van der Waals surface area contributed by atoms with Gasteiger partial charge in [0.2, 0.25) is 0 Å². The molecule has 2 rings (SSSR count). The molecule has 17 heavy (non-hydrogen) atoms. The van der Waals surface area contributed by atoms with Crippen LogP contribution in [0.5, 0.6) is 0 Å². The van der Waals surface area contributed by atoms with Crippen LogP contribution < -0.4 is 4.72 Å². The van der Waals surface area contributed by atoms with Crippen molar-refractivity contribution in [1.82, 2.24) is 19.2 Å². The molecule has 1 saturated heterocycles. The second kappa shape index (κ2) is 5.16. The maximum atomic E-state index is 11.8. The summed E-state index contributed by atoms with van der Waals surface area (Å²) in [5, 5.41) is 0.0846. The Kier molecular flexibility index (Phi) is 3.80. The van der Waals surface area contributed by atoms with E-state index in [9.17, 15) is 8.42 Å². The molecule has 0 saturated carbocycles. The molecule has 1 aliphatic heterocycles. The van der Waals surface area contributed by atoms with Crippen molar-refractivity contribution in [1.29, 1.82) is 0 Å². The Morgan fingerprint density at radius 2 is 2.12 bits per heavy atom. The SMILES string of the molecule is Cn1cnc(S(=O)(=O)NCCN2CCCC2)c1. The van der Waals surface area contributed by atoms with Crippen LogP contribution in [0.3, 0.4) is 0 Å². The van der Waals surface area contributed by atoms with E-state index in [4.69, 9.17) is 0 Å². The molecule has 7 heteroatoms. The minimum atomic E-state index is -3.44. The molecule has 2 heterocycles. The van der Waals surface area contributed by atoms with E-state index in [-0.39, 0.29) is 5.03 Å². The van der Waals surface area contributed by atoms with Gasteiger partial charge in [0.15, 0.2) is 5.03 Å². The summed E-state index contributed by atoms with van der Waals surface area (Å²) < 4.78 is 27.8. The molecule has 0 unspecified atom stereocenters. The van der Waals surface area contributed by atoms with E-state index in [2.05, 4.69) is 14.6 Å². The van der Waals surface area contributed by atoms with E-state index in [1.54, 1.807) is 11.6 Å². The van der Waals surface area contributed by atoms with Gasteiger partial charge in [-0.1, -0.05) is 0 Å². The highest BCUT2D eigenvalue weighted by molar-refractivity contribution is 7.89. The molecular formula is C10H18N4O2S. The third kappa shape index (κ3) is 3.27. The average molecular weight is 258 g/mol. The summed E-state index contributed by atoms with van der Waals surface area (Å²) in [6.45, 7) is 3.36. The second-order valence-corrected chi connectivity index (χ2v) is 6.04. The summed E-state index contributed by atoms with van der Waals surface area (Å²) >= 11 is 0. The fourth-order valence-electron chi connectivity index (χ4n) is 1.95. The van der Waals surface area contributed by atoms with Gasteiger partial charge in [-0.05, 0) is 25.9 Å². The number of aryl methyl sites for hydroxylation is 1. The van der Waals surface area contributed by atoms with Gasteiger partial charge in [-0.2, -0.15) is 0 Å². The van der Waals surface area contributed by atoms with Crippen molar-refractivity contribution < 1.29 is 8.42 Å². The molecule has 6 nitrogen and oxygen atoms in total. The number of likely N-dealkylation sites (tertiary alicyclic amines) is 1. The van der Waals surface area contributed by atoms with Crippen molar-refractivity contribution in [2.45, 2.75) is 17.9 Å². The lowest BCUT2D eigenvalue weighted by atomic mass is 10.4. The van der Waals surface area contributed by atoms with E-state index in [0.717, 1.165) is 19.6 Å². The van der Waals surface area contributed by atoms with Crippen LogP contribution in [0, 0.1) is 0 Å². The first-order valence-corrected chi connectivity index (χ1v) is 7.26. The summed E-state index contributed by atoms with van der Waals surface area (Å²) in [5.41, 5.74) is 0. The predicted molar refractivity (Wildman–Crippen MR) is 64.1 cm³/mol. The van der Waals surface area contributed by atoms with Gasteiger partial charge >= 0.3 is 0 Å². The van der Waals surface area contributed by atoms with Crippen LogP contribution in [0.25, 0.3) is 0 Å². The standard InChI is InChI=1S/C10H18N4O2S/c1-13-8-10(11-9-13)17(15,16)12-4-7-14-5-2-3-6-14/h8-9,12H,2-7H2,1H3. The van der Waals surface area contributed by atoms with Crippen molar-refractivity contribution in [3.8, 4) is 0 Å². The maximum Gasteiger partial charge on any atom is 0.259 e. The van der Waals surface area contributed by atoms with Gasteiger partial charge in [-0.25, -0.2) is 18.1 Å². The number of hydrogen-bond donors (Lipinski definition) is 1. The molecule has 0 atom stereocenters. The Labute approximate surface area is 102 Å². The molecule has 1 N–H and O–H groups in total. The molecule has 0 aromatic carbocycles. The summed E-state index contributed by atoms with van der Waals surface area (Å²) in [6, 6.07) is 0. The van der Waals surface area contributed by atoms with Crippen molar-refractivity contribution in [2.75, 3.05) is 26.2 Å². The Morgan fingerprint density at radius 1 is 1.41 bits per heavy atom. The molecule has 0 amide bonds. The molecule has 0 radical (unpaired) electrons. The van der Waals surface area contributed by atoms with Gasteiger partial charge in [0, 0.05) is 26.3 Å². The minimum absolute atomic E-state index is 0.0846. The second-order valence-electron chi connectivity index (χ2n) is 4.32. The van der Waals surface area contributed by atoms with Crippen LogP contribution in [0.4, 0.5) is 0 Å². The summed E-state index contributed by atoms with van der Waals surface area (Å²) in [4.78, 5) is 6.10. The first-order valence-electron chi connectivity index (χ1n) is 5.78. The number of imidazole rings is 1. The van der Waals surface area contributed by atoms with Gasteiger partial charge < -0.3 is 9.47 Å². The Bertz CT molecular complexity index is 462. The highest BCUT2D eigenvalue weighted by Crippen LogP contribution is 2.07. The first-order chi connectivity index (χ1) is 8.08. The lowest BCUT2D eigenvalue weighted by Crippen LogP contribution is -2.33. The Morgan fingerprint density at radius 3 is 2.71 bits per heavy atom. The molecule has 1 aliphatic rings. The summed E-state index contributed by atoms with van der Waals surface area (Å²) in [7, 11) is -1.69. The van der Waals surface area contributed by atoms with Gasteiger partial charge in [-0.3, -0.25) is 0 Å². The number of sulfonamides is 1. The lowest BCUT2D eigenvalue weighted by Gasteiger charge is -2.14. The average Bonchev–Trinajstić information content (AvgIpc) is 2.89. The van der Waals surface area contributed by atoms with E-state index in [1.165, 1.54) is 25.4 Å². The molecular weight excluding hydrogens is 240 g/mol. The fourth-order valence-corrected chi connectivity index (χ4v) is 2.94. The minimum Gasteiger partial charge on any atom is -0.339 e. The Hall–Kier alpha value is -0.920. The van der Waals surface area contributed by atoms with Gasteiger partial charge in [0.1, 0.15) is 0 Å². The number of aromatic nitrogens is 2. The quantitative estimate of drug-likeness (QED) is 0.794. The van der Waals surface area contributed by atoms with E-state index in [1.807, 2.05) is 0 Å². The van der Waals surface area contributed by atoms with E-state index < -0.39 is 10.0 Å². The summed E-state index contributed by atoms with van der Waals surface area (Å²) in [5.74, 6) is 0. The van der Waals surface area contributed by atoms with Crippen LogP contribution in [-0.4, -0.2) is 49.0 Å². The third-order valence-electron chi connectivity index (χ3n) is 2.88. The zero-order chi connectivity index (χ0) is 12.3. The molecule has 96 valence electrons. The van der Waals surface area contributed by atoms with Crippen molar-refractivity contribution in [3.05, 3.63) is 12.5 Å². The van der Waals surface area contributed by atoms with Crippen LogP contribution in [0.15, 0.2) is 17.6 Å². The monoisotopic (exact) mass is 258 g/mol. The van der Waals surface area contributed by atoms with Crippen LogP contribution in [0.2, 0.25) is 0 Å². The largest absolute Gasteiger partial charge is 0.339 e. The molecule has 0 spiro atoms. The number of nitrogens with zero attached hydrogens (tertiary/aromatic N) is 3. The maximum absolute atomic E-state index is 11.8. The Balaban J connectivity index is 1.85. The topological polar surface area (TPSA) is 67.2 Å². The van der Waals surface area contributed by atoms with Crippen LogP contribution >= 0.6 is 0 Å². The molecule has 0 aliphatic carbocycles. The third-order valence-corrected chi connectivity index (χ3v) is 4.22. The van der Waals surface area contributed by atoms with Crippen molar-refractivity contribution in [2.24, 2.45) is 7.05 Å². The number of hydrogen-bond acceptors (Lipinski definition) is 4. The smallest absolute Gasteiger partial charge is 0.259 e. The van der Waals surface area contributed by atoms with Gasteiger partial charge in [0.05, 0.1) is 6.33 Å².